The number of nitrogens with one attached hydrogen (secondary N) is 1. The first kappa shape index (κ1) is 13.7. The Kier molecular flexibility index (Phi) is 3.22. The lowest BCUT2D eigenvalue weighted by atomic mass is 10.2. The van der Waals surface area contributed by atoms with Gasteiger partial charge in [0.15, 0.2) is 0 Å². The van der Waals surface area contributed by atoms with Crippen LogP contribution in [0.1, 0.15) is 5.56 Å². The lowest BCUT2D eigenvalue weighted by Gasteiger charge is -2.12. The van der Waals surface area contributed by atoms with Crippen LogP contribution in [-0.4, -0.2) is 19.2 Å². The molecule has 0 aliphatic rings. The molecule has 21 heavy (non-hydrogen) atoms. The molecule has 0 saturated heterocycles. The van der Waals surface area contributed by atoms with Crippen molar-refractivity contribution in [1.82, 2.24) is 4.57 Å². The predicted molar refractivity (Wildman–Crippen MR) is 86.5 cm³/mol. The second kappa shape index (κ2) is 4.93. The van der Waals surface area contributed by atoms with Gasteiger partial charge in [-0.15, -0.1) is 0 Å². The third-order valence-corrected chi connectivity index (χ3v) is 3.96. The first-order valence-electron chi connectivity index (χ1n) is 6.59. The van der Waals surface area contributed by atoms with E-state index in [0.29, 0.717) is 5.69 Å². The highest BCUT2D eigenvalue weighted by Crippen LogP contribution is 2.28. The van der Waals surface area contributed by atoms with E-state index in [1.807, 2.05) is 54.1 Å². The van der Waals surface area contributed by atoms with Crippen molar-refractivity contribution in [3.8, 4) is 5.69 Å². The fourth-order valence-electron chi connectivity index (χ4n) is 2.52. The van der Waals surface area contributed by atoms with Gasteiger partial charge >= 0.3 is 0 Å². The van der Waals surface area contributed by atoms with Gasteiger partial charge in [0.25, 0.3) is 0 Å². The van der Waals surface area contributed by atoms with Gasteiger partial charge < -0.3 is 4.57 Å². The SMILES string of the molecule is Cc1cn(-c2ccccc2NS(C)(=O)=O)c2ccccc12. The topological polar surface area (TPSA) is 51.1 Å². The lowest BCUT2D eigenvalue weighted by Crippen LogP contribution is -2.11. The summed E-state index contributed by atoms with van der Waals surface area (Å²) in [6, 6.07) is 15.4. The van der Waals surface area contributed by atoms with Gasteiger partial charge in [0.05, 0.1) is 23.1 Å². The molecule has 1 aromatic heterocycles. The van der Waals surface area contributed by atoms with E-state index in [9.17, 15) is 8.42 Å². The van der Waals surface area contributed by atoms with Crippen LogP contribution < -0.4 is 4.72 Å². The van der Waals surface area contributed by atoms with E-state index in [4.69, 9.17) is 0 Å². The molecule has 0 fully saturated rings. The summed E-state index contributed by atoms with van der Waals surface area (Å²) in [5, 5.41) is 1.16. The van der Waals surface area contributed by atoms with Gasteiger partial charge in [0, 0.05) is 11.6 Å². The number of aromatic nitrogens is 1. The number of sulfonamides is 1. The van der Waals surface area contributed by atoms with Crippen molar-refractivity contribution in [1.29, 1.82) is 0 Å². The Morgan fingerprint density at radius 2 is 1.67 bits per heavy atom. The van der Waals surface area contributed by atoms with Crippen molar-refractivity contribution < 1.29 is 8.42 Å². The van der Waals surface area contributed by atoms with Crippen molar-refractivity contribution in [2.75, 3.05) is 11.0 Å². The number of rotatable bonds is 3. The van der Waals surface area contributed by atoms with Crippen LogP contribution in [0, 0.1) is 6.92 Å². The maximum absolute atomic E-state index is 11.5. The molecular weight excluding hydrogens is 284 g/mol. The Morgan fingerprint density at radius 1 is 1.00 bits per heavy atom. The molecule has 0 spiro atoms. The minimum atomic E-state index is -3.32. The number of aryl methyl sites for hydroxylation is 1. The molecule has 3 rings (SSSR count). The quantitative estimate of drug-likeness (QED) is 0.807. The molecule has 0 amide bonds. The maximum Gasteiger partial charge on any atom is 0.229 e. The van der Waals surface area contributed by atoms with E-state index < -0.39 is 10.0 Å². The van der Waals surface area contributed by atoms with Gasteiger partial charge in [0.1, 0.15) is 0 Å². The monoisotopic (exact) mass is 300 g/mol. The third-order valence-electron chi connectivity index (χ3n) is 3.37. The van der Waals surface area contributed by atoms with E-state index in [1.54, 1.807) is 6.07 Å². The first-order valence-corrected chi connectivity index (χ1v) is 8.49. The lowest BCUT2D eigenvalue weighted by molar-refractivity contribution is 0.607. The van der Waals surface area contributed by atoms with Gasteiger partial charge in [-0.3, -0.25) is 4.72 Å². The largest absolute Gasteiger partial charge is 0.314 e. The Hall–Kier alpha value is -2.27. The zero-order valence-electron chi connectivity index (χ0n) is 11.9. The molecule has 0 bridgehead atoms. The average Bonchev–Trinajstić information content (AvgIpc) is 2.76. The summed E-state index contributed by atoms with van der Waals surface area (Å²) in [5.74, 6) is 0. The van der Waals surface area contributed by atoms with Crippen LogP contribution in [0.3, 0.4) is 0 Å². The molecule has 5 heteroatoms. The van der Waals surface area contributed by atoms with E-state index in [2.05, 4.69) is 10.8 Å². The highest BCUT2D eigenvalue weighted by Gasteiger charge is 2.12. The zero-order valence-corrected chi connectivity index (χ0v) is 12.7. The van der Waals surface area contributed by atoms with Crippen LogP contribution in [0.5, 0.6) is 0 Å². The van der Waals surface area contributed by atoms with Crippen LogP contribution in [0.2, 0.25) is 0 Å². The molecule has 108 valence electrons. The summed E-state index contributed by atoms with van der Waals surface area (Å²) < 4.78 is 27.7. The molecule has 0 aliphatic heterocycles. The minimum absolute atomic E-state index is 0.570. The highest BCUT2D eigenvalue weighted by molar-refractivity contribution is 7.92. The summed E-state index contributed by atoms with van der Waals surface area (Å²) in [6.45, 7) is 2.05. The van der Waals surface area contributed by atoms with Crippen LogP contribution in [0.4, 0.5) is 5.69 Å². The van der Waals surface area contributed by atoms with E-state index in [1.165, 1.54) is 0 Å². The minimum Gasteiger partial charge on any atom is -0.314 e. The van der Waals surface area contributed by atoms with Crippen molar-refractivity contribution in [3.63, 3.8) is 0 Å². The van der Waals surface area contributed by atoms with Gasteiger partial charge in [-0.05, 0) is 30.7 Å². The Morgan fingerprint density at radius 3 is 2.43 bits per heavy atom. The second-order valence-electron chi connectivity index (χ2n) is 5.09. The molecule has 1 N–H and O–H groups in total. The summed E-state index contributed by atoms with van der Waals surface area (Å²) in [5.41, 5.74) is 3.59. The summed E-state index contributed by atoms with van der Waals surface area (Å²) in [7, 11) is -3.32. The second-order valence-corrected chi connectivity index (χ2v) is 6.84. The van der Waals surface area contributed by atoms with Gasteiger partial charge in [-0.25, -0.2) is 8.42 Å². The number of nitrogens with zero attached hydrogens (tertiary/aromatic N) is 1. The van der Waals surface area contributed by atoms with Crippen LogP contribution in [-0.2, 0) is 10.0 Å². The molecule has 4 nitrogen and oxygen atoms in total. The van der Waals surface area contributed by atoms with Gasteiger partial charge in [-0.1, -0.05) is 30.3 Å². The zero-order chi connectivity index (χ0) is 15.0. The average molecular weight is 300 g/mol. The van der Waals surface area contributed by atoms with Gasteiger partial charge in [0.2, 0.25) is 10.0 Å². The Bertz CT molecular complexity index is 911. The summed E-state index contributed by atoms with van der Waals surface area (Å²) in [6.07, 6.45) is 3.18. The van der Waals surface area contributed by atoms with Crippen LogP contribution in [0.25, 0.3) is 16.6 Å². The molecule has 0 atom stereocenters. The van der Waals surface area contributed by atoms with Crippen molar-refractivity contribution in [2.45, 2.75) is 6.92 Å². The molecular formula is C16H16N2O2S. The van der Waals surface area contributed by atoms with Crippen LogP contribution >= 0.6 is 0 Å². The van der Waals surface area contributed by atoms with Crippen molar-refractivity contribution in [3.05, 3.63) is 60.3 Å². The van der Waals surface area contributed by atoms with Crippen molar-refractivity contribution >= 4 is 26.6 Å². The van der Waals surface area contributed by atoms with Gasteiger partial charge in [-0.2, -0.15) is 0 Å². The number of fused-ring (bicyclic) bond motifs is 1. The predicted octanol–water partition coefficient (Wildman–Crippen LogP) is 3.31. The number of benzene rings is 2. The molecule has 0 saturated carbocycles. The standard InChI is InChI=1S/C16H16N2O2S/c1-12-11-18(15-9-5-3-7-13(12)15)16-10-6-4-8-14(16)17-21(2,19)20/h3-11,17H,1-2H3. The number of anilines is 1. The number of hydrogen-bond donors (Lipinski definition) is 1. The van der Waals surface area contributed by atoms with E-state index in [0.717, 1.165) is 28.4 Å². The molecule has 0 unspecified atom stereocenters. The van der Waals surface area contributed by atoms with E-state index >= 15 is 0 Å². The molecule has 3 aromatic rings. The van der Waals surface area contributed by atoms with Crippen LogP contribution in [0.15, 0.2) is 54.7 Å². The molecule has 0 radical (unpaired) electrons. The third kappa shape index (κ3) is 2.64. The molecule has 1 heterocycles. The highest BCUT2D eigenvalue weighted by atomic mass is 32.2. The van der Waals surface area contributed by atoms with E-state index in [-0.39, 0.29) is 0 Å². The maximum atomic E-state index is 11.5. The first-order chi connectivity index (χ1) is 9.96. The summed E-state index contributed by atoms with van der Waals surface area (Å²) >= 11 is 0. The normalized spacial score (nSPS) is 11.7. The smallest absolute Gasteiger partial charge is 0.229 e. The fraction of sp³-hybridized carbons (Fsp3) is 0.125. The Balaban J connectivity index is 2.24. The van der Waals surface area contributed by atoms with Crippen molar-refractivity contribution in [2.24, 2.45) is 0 Å². The molecule has 2 aromatic carbocycles. The number of hydrogen-bond acceptors (Lipinski definition) is 2. The molecule has 0 aliphatic carbocycles. The Labute approximate surface area is 124 Å². The summed E-state index contributed by atoms with van der Waals surface area (Å²) in [4.78, 5) is 0. The number of para-hydroxylation sites is 3. The fourth-order valence-corrected chi connectivity index (χ4v) is 3.09.